The van der Waals surface area contributed by atoms with Crippen molar-refractivity contribution in [1.82, 2.24) is 0 Å². The number of anilines is 2. The van der Waals surface area contributed by atoms with Crippen LogP contribution >= 0.6 is 11.6 Å². The summed E-state index contributed by atoms with van der Waals surface area (Å²) < 4.78 is 5.16. The molecule has 1 atom stereocenters. The summed E-state index contributed by atoms with van der Waals surface area (Å²) in [7, 11) is 1.69. The number of nitrogens with two attached hydrogens (primary N) is 1. The van der Waals surface area contributed by atoms with Crippen LogP contribution in [0.3, 0.4) is 0 Å². The quantitative estimate of drug-likeness (QED) is 0.754. The predicted octanol–water partition coefficient (Wildman–Crippen LogP) is 3.15. The number of hydrogen-bond donors (Lipinski definition) is 2. The van der Waals surface area contributed by atoms with E-state index in [4.69, 9.17) is 22.1 Å². The third-order valence-corrected chi connectivity index (χ3v) is 2.71. The standard InChI is InChI=1S/C12H19ClN2O/c1-3-5-9(8-16-2)15-12-10(13)6-4-7-11(12)14/h4,6-7,9,15H,3,5,8,14H2,1-2H3. The summed E-state index contributed by atoms with van der Waals surface area (Å²) in [6, 6.07) is 5.76. The molecule has 0 saturated carbocycles. The van der Waals surface area contributed by atoms with Gasteiger partial charge in [0.05, 0.1) is 23.0 Å². The molecule has 90 valence electrons. The van der Waals surface area contributed by atoms with E-state index in [-0.39, 0.29) is 6.04 Å². The number of para-hydroxylation sites is 1. The second-order valence-electron chi connectivity index (χ2n) is 3.79. The average molecular weight is 243 g/mol. The monoisotopic (exact) mass is 242 g/mol. The Bertz CT molecular complexity index is 305. The lowest BCUT2D eigenvalue weighted by atomic mass is 10.1. The Labute approximate surface area is 102 Å². The lowest BCUT2D eigenvalue weighted by Crippen LogP contribution is -2.25. The molecular formula is C12H19ClN2O. The Kier molecular flexibility index (Phi) is 5.43. The third kappa shape index (κ3) is 3.58. The van der Waals surface area contributed by atoms with Crippen molar-refractivity contribution in [2.24, 2.45) is 0 Å². The number of halogens is 1. The summed E-state index contributed by atoms with van der Waals surface area (Å²) >= 11 is 6.09. The Morgan fingerprint density at radius 2 is 2.25 bits per heavy atom. The van der Waals surface area contributed by atoms with Crippen LogP contribution in [0.1, 0.15) is 19.8 Å². The van der Waals surface area contributed by atoms with Crippen molar-refractivity contribution >= 4 is 23.0 Å². The molecule has 3 nitrogen and oxygen atoms in total. The van der Waals surface area contributed by atoms with Crippen LogP contribution in [0.2, 0.25) is 5.02 Å². The van der Waals surface area contributed by atoms with E-state index < -0.39 is 0 Å². The number of rotatable bonds is 6. The topological polar surface area (TPSA) is 47.3 Å². The molecule has 0 aromatic heterocycles. The highest BCUT2D eigenvalue weighted by Gasteiger charge is 2.11. The molecule has 0 saturated heterocycles. The van der Waals surface area contributed by atoms with Gasteiger partial charge in [0.25, 0.3) is 0 Å². The number of benzene rings is 1. The van der Waals surface area contributed by atoms with Gasteiger partial charge >= 0.3 is 0 Å². The summed E-state index contributed by atoms with van der Waals surface area (Å²) in [5.74, 6) is 0. The number of nitrogen functional groups attached to an aromatic ring is 1. The maximum Gasteiger partial charge on any atom is 0.0766 e. The molecule has 0 aliphatic heterocycles. The summed E-state index contributed by atoms with van der Waals surface area (Å²) in [6.45, 7) is 2.79. The van der Waals surface area contributed by atoms with Crippen LogP contribution in [0, 0.1) is 0 Å². The van der Waals surface area contributed by atoms with E-state index in [1.54, 1.807) is 7.11 Å². The molecule has 4 heteroatoms. The SMILES string of the molecule is CCCC(COC)Nc1c(N)cccc1Cl. The van der Waals surface area contributed by atoms with Crippen molar-refractivity contribution in [1.29, 1.82) is 0 Å². The second kappa shape index (κ2) is 6.61. The number of methoxy groups -OCH3 is 1. The first-order valence-electron chi connectivity index (χ1n) is 5.48. The zero-order valence-corrected chi connectivity index (χ0v) is 10.6. The molecule has 0 spiro atoms. The van der Waals surface area contributed by atoms with E-state index >= 15 is 0 Å². The number of ether oxygens (including phenoxy) is 1. The fraction of sp³-hybridized carbons (Fsp3) is 0.500. The highest BCUT2D eigenvalue weighted by Crippen LogP contribution is 2.28. The summed E-state index contributed by atoms with van der Waals surface area (Å²) in [6.07, 6.45) is 2.11. The molecule has 3 N–H and O–H groups in total. The summed E-state index contributed by atoms with van der Waals surface area (Å²) in [5.41, 5.74) is 7.35. The molecule has 0 aliphatic carbocycles. The van der Waals surface area contributed by atoms with Gasteiger partial charge in [-0.2, -0.15) is 0 Å². The smallest absolute Gasteiger partial charge is 0.0766 e. The van der Waals surface area contributed by atoms with E-state index in [1.807, 2.05) is 18.2 Å². The molecule has 0 fully saturated rings. The minimum atomic E-state index is 0.247. The van der Waals surface area contributed by atoms with Crippen LogP contribution in [-0.4, -0.2) is 19.8 Å². The van der Waals surface area contributed by atoms with Gasteiger partial charge in [0.1, 0.15) is 0 Å². The van der Waals surface area contributed by atoms with E-state index in [2.05, 4.69) is 12.2 Å². The molecule has 1 aromatic carbocycles. The largest absolute Gasteiger partial charge is 0.397 e. The maximum atomic E-state index is 6.09. The molecule has 0 bridgehead atoms. The fourth-order valence-electron chi connectivity index (χ4n) is 1.64. The van der Waals surface area contributed by atoms with Gasteiger partial charge in [0, 0.05) is 13.2 Å². The van der Waals surface area contributed by atoms with Crippen molar-refractivity contribution < 1.29 is 4.74 Å². The van der Waals surface area contributed by atoms with Gasteiger partial charge < -0.3 is 15.8 Å². The fourth-order valence-corrected chi connectivity index (χ4v) is 1.88. The van der Waals surface area contributed by atoms with Gasteiger partial charge in [0.15, 0.2) is 0 Å². The maximum absolute atomic E-state index is 6.09. The highest BCUT2D eigenvalue weighted by atomic mass is 35.5. The van der Waals surface area contributed by atoms with Gasteiger partial charge in [-0.3, -0.25) is 0 Å². The third-order valence-electron chi connectivity index (χ3n) is 2.40. The van der Waals surface area contributed by atoms with Gasteiger partial charge in [-0.25, -0.2) is 0 Å². The molecule has 0 aliphatic rings. The van der Waals surface area contributed by atoms with Crippen LogP contribution in [0.15, 0.2) is 18.2 Å². The summed E-state index contributed by atoms with van der Waals surface area (Å²) in [5, 5.41) is 3.99. The van der Waals surface area contributed by atoms with Crippen molar-refractivity contribution in [2.45, 2.75) is 25.8 Å². The lowest BCUT2D eigenvalue weighted by molar-refractivity contribution is 0.182. The van der Waals surface area contributed by atoms with Crippen LogP contribution in [-0.2, 0) is 4.74 Å². The number of nitrogens with one attached hydrogen (secondary N) is 1. The van der Waals surface area contributed by atoms with E-state index in [9.17, 15) is 0 Å². The Balaban J connectivity index is 2.76. The number of hydrogen-bond acceptors (Lipinski definition) is 3. The highest BCUT2D eigenvalue weighted by molar-refractivity contribution is 6.33. The van der Waals surface area contributed by atoms with Crippen LogP contribution in [0.5, 0.6) is 0 Å². The minimum Gasteiger partial charge on any atom is -0.397 e. The van der Waals surface area contributed by atoms with Gasteiger partial charge in [-0.1, -0.05) is 31.0 Å². The molecule has 1 unspecified atom stereocenters. The zero-order chi connectivity index (χ0) is 12.0. The van der Waals surface area contributed by atoms with Crippen LogP contribution in [0.25, 0.3) is 0 Å². The molecular weight excluding hydrogens is 224 g/mol. The van der Waals surface area contributed by atoms with Gasteiger partial charge in [-0.15, -0.1) is 0 Å². The Morgan fingerprint density at radius 1 is 1.50 bits per heavy atom. The molecule has 0 amide bonds. The molecule has 1 rings (SSSR count). The Hall–Kier alpha value is -0.930. The zero-order valence-electron chi connectivity index (χ0n) is 9.79. The molecule has 0 heterocycles. The molecule has 0 radical (unpaired) electrons. The van der Waals surface area contributed by atoms with Crippen molar-refractivity contribution in [3.63, 3.8) is 0 Å². The average Bonchev–Trinajstić information content (AvgIpc) is 2.24. The van der Waals surface area contributed by atoms with Crippen molar-refractivity contribution in [2.75, 3.05) is 24.8 Å². The second-order valence-corrected chi connectivity index (χ2v) is 4.20. The first-order chi connectivity index (χ1) is 7.69. The van der Waals surface area contributed by atoms with E-state index in [1.165, 1.54) is 0 Å². The van der Waals surface area contributed by atoms with Crippen LogP contribution < -0.4 is 11.1 Å². The van der Waals surface area contributed by atoms with Crippen LogP contribution in [0.4, 0.5) is 11.4 Å². The summed E-state index contributed by atoms with van der Waals surface area (Å²) in [4.78, 5) is 0. The van der Waals surface area contributed by atoms with Gasteiger partial charge in [0.2, 0.25) is 0 Å². The predicted molar refractivity (Wildman–Crippen MR) is 70.1 cm³/mol. The van der Waals surface area contributed by atoms with E-state index in [0.717, 1.165) is 18.5 Å². The Morgan fingerprint density at radius 3 is 2.81 bits per heavy atom. The molecule has 16 heavy (non-hydrogen) atoms. The first kappa shape index (κ1) is 13.1. The minimum absolute atomic E-state index is 0.247. The van der Waals surface area contributed by atoms with Gasteiger partial charge in [-0.05, 0) is 18.6 Å². The van der Waals surface area contributed by atoms with E-state index in [0.29, 0.717) is 17.3 Å². The lowest BCUT2D eigenvalue weighted by Gasteiger charge is -2.20. The molecule has 1 aromatic rings. The normalized spacial score (nSPS) is 12.4. The first-order valence-corrected chi connectivity index (χ1v) is 5.86. The van der Waals surface area contributed by atoms with Crippen molar-refractivity contribution in [3.8, 4) is 0 Å². The van der Waals surface area contributed by atoms with Crippen molar-refractivity contribution in [3.05, 3.63) is 23.2 Å².